The second kappa shape index (κ2) is 14.8. The molecule has 0 saturated heterocycles. The van der Waals surface area contributed by atoms with Gasteiger partial charge in [0.25, 0.3) is 0 Å². The molecule has 1 amide bonds. The van der Waals surface area contributed by atoms with Crippen molar-refractivity contribution in [2.24, 2.45) is 0 Å². The van der Waals surface area contributed by atoms with Gasteiger partial charge in [-0.2, -0.15) is 0 Å². The van der Waals surface area contributed by atoms with Crippen LogP contribution in [0.15, 0.2) is 0 Å². The van der Waals surface area contributed by atoms with Gasteiger partial charge in [0.2, 0.25) is 5.91 Å². The van der Waals surface area contributed by atoms with Crippen LogP contribution in [0.25, 0.3) is 0 Å². The SMILES string of the molecule is CCCCCCCCCCCC(=O)N(C)CC(=O)O.[Co]. The van der Waals surface area contributed by atoms with Gasteiger partial charge in [0.05, 0.1) is 0 Å². The van der Waals surface area contributed by atoms with E-state index in [1.807, 2.05) is 0 Å². The standard InChI is InChI=1S/C15H29NO3.Co/c1-3-4-5-6-7-8-9-10-11-12-14(17)16(2)13-15(18)19;/h3-13H2,1-2H3,(H,18,19);. The minimum absolute atomic E-state index is 0. The fourth-order valence-electron chi connectivity index (χ4n) is 2.07. The van der Waals surface area contributed by atoms with Gasteiger partial charge < -0.3 is 10.0 Å². The molecule has 121 valence electrons. The van der Waals surface area contributed by atoms with Gasteiger partial charge in [-0.05, 0) is 6.42 Å². The van der Waals surface area contributed by atoms with Crippen molar-refractivity contribution in [3.8, 4) is 0 Å². The Balaban J connectivity index is 0. The molecule has 0 bridgehead atoms. The van der Waals surface area contributed by atoms with E-state index in [4.69, 9.17) is 5.11 Å². The first kappa shape index (κ1) is 21.7. The van der Waals surface area contributed by atoms with Gasteiger partial charge in [0.15, 0.2) is 0 Å². The Bertz CT molecular complexity index is 260. The zero-order valence-electron chi connectivity index (χ0n) is 12.8. The number of hydrogen-bond acceptors (Lipinski definition) is 2. The molecule has 0 aromatic rings. The minimum atomic E-state index is -0.956. The van der Waals surface area contributed by atoms with E-state index >= 15 is 0 Å². The number of unbranched alkanes of at least 4 members (excludes halogenated alkanes) is 8. The molecule has 0 atom stereocenters. The van der Waals surface area contributed by atoms with Gasteiger partial charge in [-0.15, -0.1) is 0 Å². The van der Waals surface area contributed by atoms with E-state index in [2.05, 4.69) is 6.92 Å². The monoisotopic (exact) mass is 330 g/mol. The van der Waals surface area contributed by atoms with Gasteiger partial charge >= 0.3 is 5.97 Å². The van der Waals surface area contributed by atoms with Crippen LogP contribution in [0.1, 0.15) is 71.1 Å². The van der Waals surface area contributed by atoms with Crippen molar-refractivity contribution in [1.29, 1.82) is 0 Å². The predicted molar refractivity (Wildman–Crippen MR) is 77.1 cm³/mol. The van der Waals surface area contributed by atoms with Crippen LogP contribution < -0.4 is 0 Å². The Morgan fingerprint density at radius 2 is 1.35 bits per heavy atom. The van der Waals surface area contributed by atoms with Crippen molar-refractivity contribution in [3.05, 3.63) is 0 Å². The van der Waals surface area contributed by atoms with Gasteiger partial charge in [-0.25, -0.2) is 0 Å². The molecular weight excluding hydrogens is 301 g/mol. The van der Waals surface area contributed by atoms with Crippen LogP contribution in [0.3, 0.4) is 0 Å². The molecule has 0 fully saturated rings. The Hall–Kier alpha value is -0.554. The molecule has 5 heteroatoms. The van der Waals surface area contributed by atoms with Crippen LogP contribution in [0.5, 0.6) is 0 Å². The molecule has 0 aromatic carbocycles. The molecule has 0 spiro atoms. The normalized spacial score (nSPS) is 9.90. The maximum atomic E-state index is 11.5. The number of hydrogen-bond donors (Lipinski definition) is 1. The van der Waals surface area contributed by atoms with Gasteiger partial charge in [0, 0.05) is 30.2 Å². The van der Waals surface area contributed by atoms with Crippen LogP contribution in [0.2, 0.25) is 0 Å². The average molecular weight is 330 g/mol. The largest absolute Gasteiger partial charge is 0.480 e. The third-order valence-corrected chi connectivity index (χ3v) is 3.29. The number of carbonyl (C=O) groups is 2. The van der Waals surface area contributed by atoms with E-state index in [-0.39, 0.29) is 29.2 Å². The molecule has 0 heterocycles. The first-order chi connectivity index (χ1) is 9.07. The number of likely N-dealkylation sites (N-methyl/N-ethyl adjacent to an activating group) is 1. The molecule has 0 aliphatic heterocycles. The molecule has 1 N–H and O–H groups in total. The Morgan fingerprint density at radius 3 is 1.80 bits per heavy atom. The Labute approximate surface area is 133 Å². The summed E-state index contributed by atoms with van der Waals surface area (Å²) in [7, 11) is 1.55. The molecule has 0 unspecified atom stereocenters. The number of carboxylic acid groups (broad SMARTS) is 1. The van der Waals surface area contributed by atoms with Crippen LogP contribution in [-0.2, 0) is 26.4 Å². The summed E-state index contributed by atoms with van der Waals surface area (Å²) < 4.78 is 0. The van der Waals surface area contributed by atoms with E-state index < -0.39 is 5.97 Å². The average Bonchev–Trinajstić information content (AvgIpc) is 2.35. The molecule has 0 aliphatic carbocycles. The van der Waals surface area contributed by atoms with Crippen molar-refractivity contribution in [1.82, 2.24) is 4.90 Å². The summed E-state index contributed by atoms with van der Waals surface area (Å²) in [5.41, 5.74) is 0. The van der Waals surface area contributed by atoms with E-state index in [1.54, 1.807) is 7.05 Å². The minimum Gasteiger partial charge on any atom is -0.480 e. The molecule has 0 rings (SSSR count). The maximum Gasteiger partial charge on any atom is 0.323 e. The second-order valence-corrected chi connectivity index (χ2v) is 5.22. The summed E-state index contributed by atoms with van der Waals surface area (Å²) in [4.78, 5) is 23.3. The second-order valence-electron chi connectivity index (χ2n) is 5.22. The predicted octanol–water partition coefficient (Wildman–Crippen LogP) is 3.45. The van der Waals surface area contributed by atoms with Crippen molar-refractivity contribution in [3.63, 3.8) is 0 Å². The third kappa shape index (κ3) is 13.9. The van der Waals surface area contributed by atoms with Crippen LogP contribution in [-0.4, -0.2) is 35.5 Å². The van der Waals surface area contributed by atoms with Gasteiger partial charge in [0.1, 0.15) is 6.54 Å². The zero-order chi connectivity index (χ0) is 14.5. The Morgan fingerprint density at radius 1 is 0.900 bits per heavy atom. The number of carboxylic acids is 1. The summed E-state index contributed by atoms with van der Waals surface area (Å²) in [6, 6.07) is 0. The van der Waals surface area contributed by atoms with E-state index in [0.29, 0.717) is 6.42 Å². The van der Waals surface area contributed by atoms with Gasteiger partial charge in [-0.1, -0.05) is 58.3 Å². The first-order valence-electron chi connectivity index (χ1n) is 7.53. The van der Waals surface area contributed by atoms with Crippen LogP contribution >= 0.6 is 0 Å². The number of aliphatic carboxylic acids is 1. The van der Waals surface area contributed by atoms with Crippen molar-refractivity contribution < 1.29 is 31.5 Å². The van der Waals surface area contributed by atoms with Gasteiger partial charge in [-0.3, -0.25) is 9.59 Å². The van der Waals surface area contributed by atoms with Crippen molar-refractivity contribution in [2.45, 2.75) is 71.1 Å². The van der Waals surface area contributed by atoms with Crippen molar-refractivity contribution in [2.75, 3.05) is 13.6 Å². The quantitative estimate of drug-likeness (QED) is 0.558. The zero-order valence-corrected chi connectivity index (χ0v) is 13.9. The number of carbonyl (C=O) groups excluding carboxylic acids is 1. The number of amides is 1. The summed E-state index contributed by atoms with van der Waals surface area (Å²) in [6.45, 7) is 2.02. The summed E-state index contributed by atoms with van der Waals surface area (Å²) in [6.07, 6.45) is 11.4. The number of nitrogens with zero attached hydrogens (tertiary/aromatic N) is 1. The fourth-order valence-corrected chi connectivity index (χ4v) is 2.07. The Kier molecular flexibility index (Phi) is 16.1. The van der Waals surface area contributed by atoms with Crippen molar-refractivity contribution >= 4 is 11.9 Å². The molecule has 0 aromatic heterocycles. The molecule has 20 heavy (non-hydrogen) atoms. The third-order valence-electron chi connectivity index (χ3n) is 3.29. The summed E-state index contributed by atoms with van der Waals surface area (Å²) >= 11 is 0. The maximum absolute atomic E-state index is 11.5. The fraction of sp³-hybridized carbons (Fsp3) is 0.867. The summed E-state index contributed by atoms with van der Waals surface area (Å²) in [5, 5.41) is 8.57. The topological polar surface area (TPSA) is 57.6 Å². The van der Waals surface area contributed by atoms with E-state index in [0.717, 1.165) is 12.8 Å². The van der Waals surface area contributed by atoms with E-state index in [9.17, 15) is 9.59 Å². The van der Waals surface area contributed by atoms with E-state index in [1.165, 1.54) is 49.8 Å². The summed E-state index contributed by atoms with van der Waals surface area (Å²) in [5.74, 6) is -1.02. The molecule has 0 aliphatic rings. The number of rotatable bonds is 12. The first-order valence-corrected chi connectivity index (χ1v) is 7.53. The molecule has 0 saturated carbocycles. The van der Waals surface area contributed by atoms with Crippen LogP contribution in [0.4, 0.5) is 0 Å². The molecular formula is C15H29CoNO3. The molecule has 4 nitrogen and oxygen atoms in total. The smallest absolute Gasteiger partial charge is 0.323 e. The molecule has 1 radical (unpaired) electrons. The van der Waals surface area contributed by atoms with Crippen LogP contribution in [0, 0.1) is 0 Å².